The molecule has 0 bridgehead atoms. The number of rotatable bonds is 10. The lowest BCUT2D eigenvalue weighted by Crippen LogP contribution is -2.18. The molecule has 77 heavy (non-hydrogen) atoms. The molecule has 4 aliphatic carbocycles. The van der Waals surface area contributed by atoms with Crippen molar-refractivity contribution in [2.45, 2.75) is 78.1 Å². The van der Waals surface area contributed by atoms with E-state index in [1.807, 2.05) is 36.9 Å². The molecule has 0 aliphatic heterocycles. The first-order valence-electron chi connectivity index (χ1n) is 27.3. The van der Waals surface area contributed by atoms with Gasteiger partial charge in [-0.3, -0.25) is 9.97 Å². The number of anilines is 6. The van der Waals surface area contributed by atoms with Crippen LogP contribution in [0.25, 0.3) is 46.1 Å². The summed E-state index contributed by atoms with van der Waals surface area (Å²) in [5.41, 5.74) is 28.6. The van der Waals surface area contributed by atoms with Crippen LogP contribution in [0.3, 0.4) is 0 Å². The first-order chi connectivity index (χ1) is 37.2. The minimum Gasteiger partial charge on any atom is -0.309 e. The molecule has 0 saturated heterocycles. The Morgan fingerprint density at radius 1 is 0.416 bits per heavy atom. The summed E-state index contributed by atoms with van der Waals surface area (Å²) in [7, 11) is 0. The van der Waals surface area contributed by atoms with Crippen molar-refractivity contribution >= 4 is 57.9 Å². The average Bonchev–Trinajstić information content (AvgIpc) is 4.18. The fourth-order valence-corrected chi connectivity index (χ4v) is 12.9. The van der Waals surface area contributed by atoms with Gasteiger partial charge in [-0.05, 0) is 182 Å². The normalized spacial score (nSPS) is 16.8. The summed E-state index contributed by atoms with van der Waals surface area (Å²) in [6.07, 6.45) is 22.9. The number of aryl methyl sites for hydroxylation is 2. The Labute approximate surface area is 455 Å². The smallest absolute Gasteiger partial charge is 0.0644 e. The van der Waals surface area contributed by atoms with E-state index in [1.54, 1.807) is 0 Å². The van der Waals surface area contributed by atoms with E-state index in [2.05, 4.69) is 263 Å². The number of pyridine rings is 2. The van der Waals surface area contributed by atoms with Crippen LogP contribution in [0.4, 0.5) is 34.1 Å². The molecule has 13 rings (SSSR count). The van der Waals surface area contributed by atoms with Crippen LogP contribution in [0.2, 0.25) is 0 Å². The van der Waals surface area contributed by atoms with Gasteiger partial charge >= 0.3 is 0 Å². The minimum absolute atomic E-state index is 0.137. The Morgan fingerprint density at radius 2 is 0.818 bits per heavy atom. The van der Waals surface area contributed by atoms with Crippen LogP contribution in [0, 0.1) is 19.8 Å². The maximum absolute atomic E-state index is 4.49. The van der Waals surface area contributed by atoms with E-state index in [0.717, 1.165) is 40.5 Å². The second-order valence-electron chi connectivity index (χ2n) is 23.3. The molecule has 0 spiro atoms. The van der Waals surface area contributed by atoms with Crippen LogP contribution < -0.4 is 9.80 Å². The summed E-state index contributed by atoms with van der Waals surface area (Å²) in [4.78, 5) is 13.6. The molecule has 0 fully saturated rings. The number of hydrogen-bond acceptors (Lipinski definition) is 4. The molecule has 376 valence electrons. The third kappa shape index (κ3) is 8.21. The molecule has 1 unspecified atom stereocenters. The summed E-state index contributed by atoms with van der Waals surface area (Å²) >= 11 is 0. The van der Waals surface area contributed by atoms with Gasteiger partial charge in [0, 0.05) is 51.4 Å². The lowest BCUT2D eigenvalue weighted by atomic mass is 9.78. The van der Waals surface area contributed by atoms with E-state index < -0.39 is 0 Å². The van der Waals surface area contributed by atoms with Crippen LogP contribution in [0.5, 0.6) is 0 Å². The maximum atomic E-state index is 4.49. The molecule has 0 saturated carbocycles. The molecule has 9 aromatic rings. The maximum Gasteiger partial charge on any atom is 0.0644 e. The van der Waals surface area contributed by atoms with Crippen molar-refractivity contribution < 1.29 is 0 Å². The van der Waals surface area contributed by atoms with Gasteiger partial charge in [-0.2, -0.15) is 0 Å². The highest BCUT2D eigenvalue weighted by Crippen LogP contribution is 2.55. The zero-order valence-corrected chi connectivity index (χ0v) is 45.4. The zero-order valence-electron chi connectivity index (χ0n) is 45.4. The van der Waals surface area contributed by atoms with Crippen molar-refractivity contribution in [3.63, 3.8) is 0 Å². The Morgan fingerprint density at radius 3 is 1.27 bits per heavy atom. The van der Waals surface area contributed by atoms with Crippen molar-refractivity contribution in [1.29, 1.82) is 0 Å². The number of allylic oxidation sites excluding steroid dienone is 5. The number of aromatic nitrogens is 2. The van der Waals surface area contributed by atoms with Gasteiger partial charge < -0.3 is 9.80 Å². The Hall–Kier alpha value is -8.60. The molecular formula is C73H64N4. The molecule has 2 heterocycles. The number of fused-ring (bicyclic) bond motifs is 9. The third-order valence-corrected chi connectivity index (χ3v) is 17.2. The highest BCUT2D eigenvalue weighted by atomic mass is 15.2. The van der Waals surface area contributed by atoms with Gasteiger partial charge in [0.1, 0.15) is 0 Å². The minimum atomic E-state index is -0.179. The molecular weight excluding hydrogens is 933 g/mol. The van der Waals surface area contributed by atoms with Gasteiger partial charge in [0.15, 0.2) is 0 Å². The van der Waals surface area contributed by atoms with E-state index in [0.29, 0.717) is 5.92 Å². The number of benzene rings is 7. The summed E-state index contributed by atoms with van der Waals surface area (Å²) in [6, 6.07) is 60.9. The molecule has 7 aromatic carbocycles. The highest BCUT2D eigenvalue weighted by molar-refractivity contribution is 5.93. The van der Waals surface area contributed by atoms with Gasteiger partial charge in [-0.15, -0.1) is 0 Å². The molecule has 4 nitrogen and oxygen atoms in total. The summed E-state index contributed by atoms with van der Waals surface area (Å²) in [6.45, 7) is 18.6. The summed E-state index contributed by atoms with van der Waals surface area (Å²) in [5.74, 6) is 0.312. The number of nitrogens with zero attached hydrogens (tertiary/aromatic N) is 4. The lowest BCUT2D eigenvalue weighted by Gasteiger charge is -2.28. The molecule has 0 N–H and O–H groups in total. The molecule has 2 aromatic heterocycles. The van der Waals surface area contributed by atoms with Crippen molar-refractivity contribution in [1.82, 2.24) is 9.97 Å². The molecule has 0 amide bonds. The fraction of sp³-hybridized carbons (Fsp3) is 0.178. The van der Waals surface area contributed by atoms with E-state index in [4.69, 9.17) is 0 Å². The molecule has 4 aliphatic rings. The van der Waals surface area contributed by atoms with Crippen molar-refractivity contribution in [3.8, 4) is 22.3 Å². The van der Waals surface area contributed by atoms with Crippen LogP contribution >= 0.6 is 0 Å². The van der Waals surface area contributed by atoms with Crippen LogP contribution in [-0.2, 0) is 16.2 Å². The van der Waals surface area contributed by atoms with E-state index in [1.165, 1.54) is 94.6 Å². The second kappa shape index (κ2) is 18.3. The lowest BCUT2D eigenvalue weighted by molar-refractivity contribution is 0.645. The highest BCUT2D eigenvalue weighted by Gasteiger charge is 2.41. The quantitative estimate of drug-likeness (QED) is 0.128. The summed E-state index contributed by atoms with van der Waals surface area (Å²) in [5, 5.41) is 0. The van der Waals surface area contributed by atoms with Crippen LogP contribution in [-0.4, -0.2) is 9.97 Å². The topological polar surface area (TPSA) is 32.3 Å². The largest absolute Gasteiger partial charge is 0.309 e. The van der Waals surface area contributed by atoms with Gasteiger partial charge in [-0.25, -0.2) is 0 Å². The standard InChI is InChI=1S/C73H64N4/c1-47-13-25-53(26-14-47)76(57-11-9-37-74-45-57)55-29-35-63-61-33-23-51(41-67(61)72(5,6)69(63)43-55)19-17-49-21-31-59-60-32-22-50(40-66(60)71(3,4)65(59)39-49)18-20-52-24-34-62-64-36-30-56(44-70(64)73(7,8)68(62)42-52)77(58-12-10-38-75-46-58)54-27-15-48(2)16-28-54/h9-23,25-46,52H,24H2,1-8H3/b19-17+,20-18+. The van der Waals surface area contributed by atoms with Crippen LogP contribution in [0.15, 0.2) is 212 Å². The summed E-state index contributed by atoms with van der Waals surface area (Å²) < 4.78 is 0. The van der Waals surface area contributed by atoms with Crippen LogP contribution in [0.1, 0.15) is 109 Å². The van der Waals surface area contributed by atoms with E-state index in [9.17, 15) is 0 Å². The molecule has 4 heteroatoms. The van der Waals surface area contributed by atoms with Crippen molar-refractivity contribution in [2.24, 2.45) is 5.92 Å². The fourth-order valence-electron chi connectivity index (χ4n) is 12.9. The second-order valence-corrected chi connectivity index (χ2v) is 23.3. The van der Waals surface area contributed by atoms with E-state index >= 15 is 0 Å². The average molecular weight is 997 g/mol. The molecule has 1 atom stereocenters. The predicted octanol–water partition coefficient (Wildman–Crippen LogP) is 19.2. The predicted molar refractivity (Wildman–Crippen MR) is 324 cm³/mol. The molecule has 0 radical (unpaired) electrons. The third-order valence-electron chi connectivity index (χ3n) is 17.2. The first kappa shape index (κ1) is 48.1. The van der Waals surface area contributed by atoms with Crippen molar-refractivity contribution in [3.05, 3.63) is 274 Å². The first-order valence-corrected chi connectivity index (χ1v) is 27.3. The monoisotopic (exact) mass is 997 g/mol. The number of hydrogen-bond donors (Lipinski definition) is 0. The van der Waals surface area contributed by atoms with Gasteiger partial charge in [-0.1, -0.05) is 180 Å². The van der Waals surface area contributed by atoms with Gasteiger partial charge in [0.05, 0.1) is 23.8 Å². The van der Waals surface area contributed by atoms with E-state index in [-0.39, 0.29) is 16.2 Å². The Kier molecular flexibility index (Phi) is 11.4. The van der Waals surface area contributed by atoms with Crippen molar-refractivity contribution in [2.75, 3.05) is 9.80 Å². The van der Waals surface area contributed by atoms with Gasteiger partial charge in [0.25, 0.3) is 0 Å². The Bertz CT molecular complexity index is 3930. The Balaban J connectivity index is 0.721. The zero-order chi connectivity index (χ0) is 52.8. The van der Waals surface area contributed by atoms with Gasteiger partial charge in [0.2, 0.25) is 0 Å². The SMILES string of the molecule is Cc1ccc(N(c2cccnc2)c2ccc3c(c2)C(C)(C)C2=CC(/C=C/c4ccc5c(c4)C(C)(C)c4cc(/C=C/c6ccc7c(c6)C(C)(C)c6cc(N(c8ccc(C)cc8)c8cccnc8)ccc6-7)ccc4-5)CC=C23)cc1.